The van der Waals surface area contributed by atoms with Gasteiger partial charge in [-0.3, -0.25) is 9.59 Å². The van der Waals surface area contributed by atoms with Crippen molar-refractivity contribution < 1.29 is 29.3 Å². The van der Waals surface area contributed by atoms with E-state index in [9.17, 15) is 19.8 Å². The zero-order valence-corrected chi connectivity index (χ0v) is 22.3. The molecule has 1 aliphatic heterocycles. The standard InChI is InChI=1S/C15H17ClO3.C14H17ClO3/c16-13-3-1-11(2-4-13)7-12-5-6-15(14(12)17)8-18-10-19-9-15;15-12-3-1-10(2-4-12)7-11-5-6-14(8-16,9-17)13(11)18/h1-4,12H,5-10H2;1-4,11,16-17H,5-9H2. The largest absolute Gasteiger partial charge is 0.395 e. The van der Waals surface area contributed by atoms with Gasteiger partial charge in [0.15, 0.2) is 0 Å². The highest BCUT2D eigenvalue weighted by molar-refractivity contribution is 6.30. The number of ether oxygens (including phenoxy) is 2. The van der Waals surface area contributed by atoms with Gasteiger partial charge in [0.25, 0.3) is 0 Å². The molecule has 2 aromatic rings. The van der Waals surface area contributed by atoms with Gasteiger partial charge in [0.2, 0.25) is 0 Å². The predicted molar refractivity (Wildman–Crippen MR) is 142 cm³/mol. The molecular weight excluding hydrogens is 515 g/mol. The summed E-state index contributed by atoms with van der Waals surface area (Å²) in [6.45, 7) is 0.821. The molecule has 0 aromatic heterocycles. The van der Waals surface area contributed by atoms with Gasteiger partial charge in [0.1, 0.15) is 18.4 Å². The number of rotatable bonds is 6. The summed E-state index contributed by atoms with van der Waals surface area (Å²) >= 11 is 11.7. The van der Waals surface area contributed by atoms with E-state index < -0.39 is 5.41 Å². The number of aliphatic hydroxyl groups is 2. The fourth-order valence-electron chi connectivity index (χ4n) is 5.70. The molecule has 5 rings (SSSR count). The van der Waals surface area contributed by atoms with Crippen molar-refractivity contribution >= 4 is 34.8 Å². The molecule has 2 saturated carbocycles. The second kappa shape index (κ2) is 12.4. The molecule has 200 valence electrons. The fourth-order valence-corrected chi connectivity index (χ4v) is 5.95. The summed E-state index contributed by atoms with van der Waals surface area (Å²) in [6, 6.07) is 15.2. The first-order valence-electron chi connectivity index (χ1n) is 12.8. The van der Waals surface area contributed by atoms with Crippen LogP contribution in [0.2, 0.25) is 10.0 Å². The van der Waals surface area contributed by atoms with Crippen molar-refractivity contribution in [3.05, 3.63) is 69.7 Å². The van der Waals surface area contributed by atoms with Crippen LogP contribution in [0.4, 0.5) is 0 Å². The molecule has 0 radical (unpaired) electrons. The van der Waals surface area contributed by atoms with E-state index in [1.807, 2.05) is 48.5 Å². The molecule has 0 amide bonds. The SMILES string of the molecule is O=C1C(Cc2ccc(Cl)cc2)CCC1(CO)CO.O=C1C(Cc2ccc(Cl)cc2)CCC12COCOC2. The average Bonchev–Trinajstić information content (AvgIpc) is 3.39. The number of hydrogen-bond donors (Lipinski definition) is 2. The molecule has 2 atom stereocenters. The van der Waals surface area contributed by atoms with Crippen molar-refractivity contribution in [3.63, 3.8) is 0 Å². The van der Waals surface area contributed by atoms with Crippen molar-refractivity contribution in [3.8, 4) is 0 Å². The van der Waals surface area contributed by atoms with Crippen LogP contribution in [0, 0.1) is 22.7 Å². The van der Waals surface area contributed by atoms with E-state index in [-0.39, 0.29) is 36.2 Å². The molecule has 3 fully saturated rings. The first-order chi connectivity index (χ1) is 17.8. The molecule has 2 N–H and O–H groups in total. The maximum atomic E-state index is 12.6. The lowest BCUT2D eigenvalue weighted by atomic mass is 9.84. The minimum Gasteiger partial charge on any atom is -0.395 e. The minimum absolute atomic E-state index is 0.0116. The number of hydrogen-bond acceptors (Lipinski definition) is 6. The highest BCUT2D eigenvalue weighted by Gasteiger charge is 2.49. The summed E-state index contributed by atoms with van der Waals surface area (Å²) in [5.74, 6) is 0.279. The summed E-state index contributed by atoms with van der Waals surface area (Å²) in [4.78, 5) is 24.8. The van der Waals surface area contributed by atoms with Gasteiger partial charge in [-0.25, -0.2) is 0 Å². The van der Waals surface area contributed by atoms with E-state index in [1.165, 1.54) is 0 Å². The van der Waals surface area contributed by atoms with Gasteiger partial charge in [-0.15, -0.1) is 0 Å². The average molecular weight is 549 g/mol. The maximum absolute atomic E-state index is 12.6. The Morgan fingerprint density at radius 3 is 1.65 bits per heavy atom. The smallest absolute Gasteiger partial charge is 0.147 e. The van der Waals surface area contributed by atoms with Crippen LogP contribution in [0.5, 0.6) is 0 Å². The molecule has 1 heterocycles. The van der Waals surface area contributed by atoms with Gasteiger partial charge >= 0.3 is 0 Å². The molecule has 3 aliphatic rings. The molecule has 2 aromatic carbocycles. The van der Waals surface area contributed by atoms with Gasteiger partial charge in [0.05, 0.1) is 37.3 Å². The molecule has 8 heteroatoms. The Morgan fingerprint density at radius 2 is 1.19 bits per heavy atom. The number of benzene rings is 2. The zero-order valence-electron chi connectivity index (χ0n) is 20.8. The van der Waals surface area contributed by atoms with Gasteiger partial charge in [-0.1, -0.05) is 47.5 Å². The molecule has 2 unspecified atom stereocenters. The fraction of sp³-hybridized carbons (Fsp3) is 0.517. The van der Waals surface area contributed by atoms with E-state index in [4.69, 9.17) is 32.7 Å². The number of aliphatic hydroxyl groups excluding tert-OH is 2. The third kappa shape index (κ3) is 6.44. The quantitative estimate of drug-likeness (QED) is 0.544. The first-order valence-corrected chi connectivity index (χ1v) is 13.5. The minimum atomic E-state index is -0.920. The highest BCUT2D eigenvalue weighted by atomic mass is 35.5. The van der Waals surface area contributed by atoms with Crippen molar-refractivity contribution in [1.82, 2.24) is 0 Å². The van der Waals surface area contributed by atoms with Gasteiger partial charge in [-0.05, 0) is 73.9 Å². The van der Waals surface area contributed by atoms with E-state index in [0.29, 0.717) is 43.7 Å². The lowest BCUT2D eigenvalue weighted by Gasteiger charge is -2.31. The van der Waals surface area contributed by atoms with Crippen LogP contribution < -0.4 is 0 Å². The van der Waals surface area contributed by atoms with Gasteiger partial charge < -0.3 is 19.7 Å². The third-order valence-electron chi connectivity index (χ3n) is 8.05. The monoisotopic (exact) mass is 548 g/mol. The number of carbonyl (C=O) groups excluding carboxylic acids is 2. The molecule has 37 heavy (non-hydrogen) atoms. The van der Waals surface area contributed by atoms with Crippen LogP contribution >= 0.6 is 23.2 Å². The van der Waals surface area contributed by atoms with Gasteiger partial charge in [0, 0.05) is 21.9 Å². The van der Waals surface area contributed by atoms with Crippen molar-refractivity contribution in [1.29, 1.82) is 0 Å². The van der Waals surface area contributed by atoms with Crippen LogP contribution in [-0.4, -0.2) is 55.0 Å². The molecule has 0 bridgehead atoms. The van der Waals surface area contributed by atoms with Crippen LogP contribution in [0.25, 0.3) is 0 Å². The van der Waals surface area contributed by atoms with Crippen LogP contribution in [0.3, 0.4) is 0 Å². The Balaban J connectivity index is 0.000000173. The number of Topliss-reactive ketones (excluding diaryl/α,β-unsaturated/α-hetero) is 2. The number of halogens is 2. The lowest BCUT2D eigenvalue weighted by Crippen LogP contribution is -2.42. The second-order valence-electron chi connectivity index (χ2n) is 10.6. The van der Waals surface area contributed by atoms with Crippen LogP contribution in [0.15, 0.2) is 48.5 Å². The number of ketones is 2. The third-order valence-corrected chi connectivity index (χ3v) is 8.55. The molecular formula is C29H34Cl2O6. The van der Waals surface area contributed by atoms with Crippen molar-refractivity contribution in [2.75, 3.05) is 33.2 Å². The van der Waals surface area contributed by atoms with E-state index in [1.54, 1.807) is 0 Å². The molecule has 6 nitrogen and oxygen atoms in total. The van der Waals surface area contributed by atoms with Gasteiger partial charge in [-0.2, -0.15) is 0 Å². The Bertz CT molecular complexity index is 1060. The van der Waals surface area contributed by atoms with Crippen molar-refractivity contribution in [2.45, 2.75) is 38.5 Å². The summed E-state index contributed by atoms with van der Waals surface area (Å²) in [7, 11) is 0. The normalized spacial score (nSPS) is 24.2. The Hall–Kier alpha value is -1.80. The van der Waals surface area contributed by atoms with E-state index in [0.717, 1.165) is 41.8 Å². The molecule has 1 saturated heterocycles. The Labute approximate surface area is 227 Å². The molecule has 1 spiro atoms. The summed E-state index contributed by atoms with van der Waals surface area (Å²) in [5, 5.41) is 20.0. The maximum Gasteiger partial charge on any atom is 0.147 e. The number of carbonyl (C=O) groups is 2. The topological polar surface area (TPSA) is 93.1 Å². The van der Waals surface area contributed by atoms with Crippen molar-refractivity contribution in [2.24, 2.45) is 22.7 Å². The summed E-state index contributed by atoms with van der Waals surface area (Å²) in [6.07, 6.45) is 4.54. The summed E-state index contributed by atoms with van der Waals surface area (Å²) < 4.78 is 10.7. The first kappa shape index (κ1) is 28.2. The Kier molecular flexibility index (Phi) is 9.43. The van der Waals surface area contributed by atoms with Crippen LogP contribution in [-0.2, 0) is 31.9 Å². The second-order valence-corrected chi connectivity index (χ2v) is 11.4. The highest BCUT2D eigenvalue weighted by Crippen LogP contribution is 2.42. The van der Waals surface area contributed by atoms with E-state index >= 15 is 0 Å². The van der Waals surface area contributed by atoms with E-state index in [2.05, 4.69) is 0 Å². The molecule has 2 aliphatic carbocycles. The lowest BCUT2D eigenvalue weighted by molar-refractivity contribution is -0.173. The zero-order chi connectivity index (χ0) is 26.5. The Morgan fingerprint density at radius 1 is 0.730 bits per heavy atom. The summed E-state index contributed by atoms with van der Waals surface area (Å²) in [5.41, 5.74) is 0.925. The van der Waals surface area contributed by atoms with Crippen LogP contribution in [0.1, 0.15) is 36.8 Å². The predicted octanol–water partition coefficient (Wildman–Crippen LogP) is 4.68.